The smallest absolute Gasteiger partial charge is 0.274 e. The highest BCUT2D eigenvalue weighted by Crippen LogP contribution is 2.29. The molecular formula is C14H14N2O4S2. The van der Waals surface area contributed by atoms with Gasteiger partial charge >= 0.3 is 0 Å². The lowest BCUT2D eigenvalue weighted by Crippen LogP contribution is -2.16. The van der Waals surface area contributed by atoms with Crippen molar-refractivity contribution in [3.05, 3.63) is 35.0 Å². The van der Waals surface area contributed by atoms with Gasteiger partial charge < -0.3 is 10.1 Å². The summed E-state index contributed by atoms with van der Waals surface area (Å²) in [6.45, 7) is 0.660. The van der Waals surface area contributed by atoms with Gasteiger partial charge in [-0.3, -0.25) is 4.79 Å². The predicted octanol–water partition coefficient (Wildman–Crippen LogP) is 2.12. The van der Waals surface area contributed by atoms with Crippen LogP contribution in [0.5, 0.6) is 5.75 Å². The third-order valence-electron chi connectivity index (χ3n) is 3.28. The number of fused-ring (bicyclic) bond motifs is 1. The number of hydrogen-bond donors (Lipinski definition) is 1. The Morgan fingerprint density at radius 1 is 1.45 bits per heavy atom. The Labute approximate surface area is 132 Å². The number of rotatable bonds is 3. The molecule has 2 aromatic heterocycles. The van der Waals surface area contributed by atoms with E-state index < -0.39 is 15.7 Å². The summed E-state index contributed by atoms with van der Waals surface area (Å²) in [5.41, 5.74) is 1.19. The van der Waals surface area contributed by atoms with Gasteiger partial charge in [0.25, 0.3) is 5.91 Å². The largest absolute Gasteiger partial charge is 0.492 e. The number of aromatic nitrogens is 1. The molecule has 0 aliphatic carbocycles. The summed E-state index contributed by atoms with van der Waals surface area (Å²) in [4.78, 5) is 16.5. The topological polar surface area (TPSA) is 85.4 Å². The maximum Gasteiger partial charge on any atom is 0.274 e. The monoisotopic (exact) mass is 338 g/mol. The summed E-state index contributed by atoms with van der Waals surface area (Å²) < 4.78 is 28.8. The quantitative estimate of drug-likeness (QED) is 0.926. The fourth-order valence-electron chi connectivity index (χ4n) is 2.23. The molecule has 8 heteroatoms. The first-order chi connectivity index (χ1) is 10.4. The lowest BCUT2D eigenvalue weighted by Gasteiger charge is -2.17. The van der Waals surface area contributed by atoms with E-state index in [1.807, 2.05) is 0 Å². The lowest BCUT2D eigenvalue weighted by atomic mass is 10.1. The molecule has 1 aliphatic rings. The van der Waals surface area contributed by atoms with Gasteiger partial charge in [0.15, 0.2) is 9.84 Å². The molecule has 0 atom stereocenters. The molecule has 1 N–H and O–H groups in total. The average Bonchev–Trinajstić information content (AvgIpc) is 2.95. The number of sulfone groups is 1. The van der Waals surface area contributed by atoms with Crippen LogP contribution in [0.25, 0.3) is 0 Å². The maximum atomic E-state index is 12.3. The Bertz CT molecular complexity index is 827. The number of anilines is 1. The summed E-state index contributed by atoms with van der Waals surface area (Å²) >= 11 is 1.16. The molecule has 0 unspecified atom stereocenters. The van der Waals surface area contributed by atoms with Gasteiger partial charge in [-0.15, -0.1) is 11.3 Å². The minimum atomic E-state index is -3.38. The molecule has 0 fully saturated rings. The van der Waals surface area contributed by atoms with E-state index in [4.69, 9.17) is 4.74 Å². The van der Waals surface area contributed by atoms with E-state index in [1.54, 1.807) is 11.4 Å². The van der Waals surface area contributed by atoms with Crippen molar-refractivity contribution in [2.45, 2.75) is 17.7 Å². The molecule has 3 heterocycles. The average molecular weight is 338 g/mol. The normalized spacial score (nSPS) is 14.0. The van der Waals surface area contributed by atoms with Crippen LogP contribution in [0.15, 0.2) is 28.6 Å². The number of nitrogens with zero attached hydrogens (tertiary/aromatic N) is 1. The van der Waals surface area contributed by atoms with Gasteiger partial charge in [-0.1, -0.05) is 0 Å². The minimum Gasteiger partial charge on any atom is -0.492 e. The van der Waals surface area contributed by atoms with Gasteiger partial charge in [0.1, 0.15) is 21.3 Å². The van der Waals surface area contributed by atoms with Crippen molar-refractivity contribution in [2.75, 3.05) is 18.2 Å². The van der Waals surface area contributed by atoms with Crippen LogP contribution in [0.2, 0.25) is 0 Å². The van der Waals surface area contributed by atoms with Crippen LogP contribution in [0, 0.1) is 0 Å². The second-order valence-corrected chi connectivity index (χ2v) is 7.87. The number of carbonyl (C=O) groups is 1. The standard InChI is InChI=1S/C14H14N2O4S2/c1-22(18,19)12-4-6-21-14(12)16-13(17)10-7-9-3-2-5-20-11(9)8-15-10/h4,6-8H,2-3,5H2,1H3,(H,16,17). The molecular weight excluding hydrogens is 324 g/mol. The van der Waals surface area contributed by atoms with E-state index in [0.717, 1.165) is 36.0 Å². The van der Waals surface area contributed by atoms with E-state index in [0.29, 0.717) is 17.4 Å². The van der Waals surface area contributed by atoms with E-state index in [-0.39, 0.29) is 10.6 Å². The van der Waals surface area contributed by atoms with E-state index in [2.05, 4.69) is 10.3 Å². The van der Waals surface area contributed by atoms with Crippen molar-refractivity contribution in [2.24, 2.45) is 0 Å². The van der Waals surface area contributed by atoms with Crippen molar-refractivity contribution in [3.8, 4) is 5.75 Å². The summed E-state index contributed by atoms with van der Waals surface area (Å²) in [6, 6.07) is 3.17. The molecule has 6 nitrogen and oxygen atoms in total. The van der Waals surface area contributed by atoms with Crippen molar-refractivity contribution >= 4 is 32.1 Å². The highest BCUT2D eigenvalue weighted by atomic mass is 32.2. The summed E-state index contributed by atoms with van der Waals surface area (Å²) in [7, 11) is -3.38. The fraction of sp³-hybridized carbons (Fsp3) is 0.286. The number of ether oxygens (including phenoxy) is 1. The molecule has 0 saturated heterocycles. The number of amides is 1. The number of hydrogen-bond acceptors (Lipinski definition) is 6. The molecule has 0 radical (unpaired) electrons. The Morgan fingerprint density at radius 2 is 2.27 bits per heavy atom. The molecule has 3 rings (SSSR count). The Morgan fingerprint density at radius 3 is 3.05 bits per heavy atom. The van der Waals surface area contributed by atoms with Gasteiger partial charge in [0.05, 0.1) is 12.8 Å². The van der Waals surface area contributed by atoms with E-state index in [1.165, 1.54) is 12.3 Å². The van der Waals surface area contributed by atoms with E-state index in [9.17, 15) is 13.2 Å². The zero-order valence-electron chi connectivity index (χ0n) is 11.8. The second-order valence-electron chi connectivity index (χ2n) is 4.97. The SMILES string of the molecule is CS(=O)(=O)c1ccsc1NC(=O)c1cc2c(cn1)OCCC2. The Kier molecular flexibility index (Phi) is 3.88. The molecule has 0 bridgehead atoms. The predicted molar refractivity (Wildman–Crippen MR) is 83.4 cm³/mol. The summed E-state index contributed by atoms with van der Waals surface area (Å²) in [6.07, 6.45) is 4.39. The highest BCUT2D eigenvalue weighted by Gasteiger charge is 2.19. The van der Waals surface area contributed by atoms with Crippen LogP contribution >= 0.6 is 11.3 Å². The van der Waals surface area contributed by atoms with Gasteiger partial charge in [-0.2, -0.15) is 0 Å². The first-order valence-corrected chi connectivity index (χ1v) is 9.43. The molecule has 2 aromatic rings. The third kappa shape index (κ3) is 2.97. The number of pyridine rings is 1. The molecule has 1 amide bonds. The number of thiophene rings is 1. The fourth-order valence-corrected chi connectivity index (χ4v) is 4.29. The molecule has 0 spiro atoms. The first kappa shape index (κ1) is 15.0. The van der Waals surface area contributed by atoms with Gasteiger partial charge in [-0.25, -0.2) is 13.4 Å². The van der Waals surface area contributed by atoms with Gasteiger partial charge in [0, 0.05) is 6.26 Å². The van der Waals surface area contributed by atoms with Crippen molar-refractivity contribution < 1.29 is 17.9 Å². The number of carbonyl (C=O) groups excluding carboxylic acids is 1. The Balaban J connectivity index is 1.85. The minimum absolute atomic E-state index is 0.118. The Hall–Kier alpha value is -1.93. The van der Waals surface area contributed by atoms with Crippen molar-refractivity contribution in [1.29, 1.82) is 0 Å². The molecule has 116 valence electrons. The third-order valence-corrected chi connectivity index (χ3v) is 5.38. The number of nitrogens with one attached hydrogen (secondary N) is 1. The second kappa shape index (κ2) is 5.69. The number of aryl methyl sites for hydroxylation is 1. The highest BCUT2D eigenvalue weighted by molar-refractivity contribution is 7.91. The molecule has 22 heavy (non-hydrogen) atoms. The lowest BCUT2D eigenvalue weighted by molar-refractivity contribution is 0.102. The van der Waals surface area contributed by atoms with Crippen LogP contribution in [0.1, 0.15) is 22.5 Å². The van der Waals surface area contributed by atoms with Crippen LogP contribution < -0.4 is 10.1 Å². The van der Waals surface area contributed by atoms with Crippen LogP contribution in [0.3, 0.4) is 0 Å². The maximum absolute atomic E-state index is 12.3. The van der Waals surface area contributed by atoms with Gasteiger partial charge in [0.2, 0.25) is 0 Å². The summed E-state index contributed by atoms with van der Waals surface area (Å²) in [5, 5.41) is 4.55. The van der Waals surface area contributed by atoms with E-state index >= 15 is 0 Å². The van der Waals surface area contributed by atoms with Crippen LogP contribution in [-0.2, 0) is 16.3 Å². The van der Waals surface area contributed by atoms with Crippen molar-refractivity contribution in [1.82, 2.24) is 4.98 Å². The van der Waals surface area contributed by atoms with Crippen LogP contribution in [0.4, 0.5) is 5.00 Å². The van der Waals surface area contributed by atoms with Crippen LogP contribution in [-0.4, -0.2) is 32.2 Å². The van der Waals surface area contributed by atoms with Gasteiger partial charge in [-0.05, 0) is 35.9 Å². The molecule has 1 aliphatic heterocycles. The first-order valence-electron chi connectivity index (χ1n) is 6.66. The molecule has 0 saturated carbocycles. The van der Waals surface area contributed by atoms with Crippen molar-refractivity contribution in [3.63, 3.8) is 0 Å². The summed E-state index contributed by atoms with van der Waals surface area (Å²) in [5.74, 6) is 0.275. The molecule has 0 aromatic carbocycles. The zero-order chi connectivity index (χ0) is 15.7. The zero-order valence-corrected chi connectivity index (χ0v) is 13.5.